The van der Waals surface area contributed by atoms with Crippen molar-refractivity contribution < 1.29 is 32.6 Å². The molecule has 0 saturated heterocycles. The summed E-state index contributed by atoms with van der Waals surface area (Å²) in [6, 6.07) is 0. The van der Waals surface area contributed by atoms with E-state index in [1.54, 1.807) is 0 Å². The van der Waals surface area contributed by atoms with Gasteiger partial charge in [0.2, 0.25) is 0 Å². The fourth-order valence-corrected chi connectivity index (χ4v) is 1.41. The van der Waals surface area contributed by atoms with Crippen LogP contribution in [-0.4, -0.2) is 29.8 Å². The van der Waals surface area contributed by atoms with E-state index >= 15 is 0 Å². The largest absolute Gasteiger partial charge is 0.490 e. The molecule has 1 aliphatic carbocycles. The number of rotatable bonds is 2. The van der Waals surface area contributed by atoms with Crippen molar-refractivity contribution in [3.05, 3.63) is 0 Å². The van der Waals surface area contributed by atoms with Crippen molar-refractivity contribution >= 4 is 11.9 Å². The van der Waals surface area contributed by atoms with Crippen LogP contribution in [0.15, 0.2) is 0 Å². The third kappa shape index (κ3) is 8.53. The molecule has 0 atom stereocenters. The molecule has 1 fully saturated rings. The summed E-state index contributed by atoms with van der Waals surface area (Å²) in [5.41, 5.74) is 0. The lowest BCUT2D eigenvalue weighted by Crippen LogP contribution is -2.21. The second-order valence-electron chi connectivity index (χ2n) is 3.76. The Labute approximate surface area is 96.8 Å². The number of carbonyl (C=O) groups excluding carboxylic acids is 1. The predicted molar refractivity (Wildman–Crippen MR) is 52.3 cm³/mol. The lowest BCUT2D eigenvalue weighted by Gasteiger charge is -2.07. The van der Waals surface area contributed by atoms with Gasteiger partial charge in [0.25, 0.3) is 0 Å². The Morgan fingerprint density at radius 1 is 1.29 bits per heavy atom. The van der Waals surface area contributed by atoms with Gasteiger partial charge in [0.05, 0.1) is 6.61 Å². The number of alkyl halides is 3. The van der Waals surface area contributed by atoms with Crippen LogP contribution in [0.1, 0.15) is 32.6 Å². The fourth-order valence-electron chi connectivity index (χ4n) is 1.41. The summed E-state index contributed by atoms with van der Waals surface area (Å²) in [5.74, 6) is -2.25. The van der Waals surface area contributed by atoms with Crippen molar-refractivity contribution in [1.82, 2.24) is 0 Å². The van der Waals surface area contributed by atoms with Crippen LogP contribution in [0.2, 0.25) is 0 Å². The monoisotopic (exact) mass is 256 g/mol. The number of aliphatic carboxylic acids is 1. The maximum absolute atomic E-state index is 10.6. The molecule has 1 aliphatic rings. The summed E-state index contributed by atoms with van der Waals surface area (Å²) in [6.45, 7) is 2.12. The molecule has 0 aromatic rings. The Kier molecular flexibility index (Phi) is 6.60. The second kappa shape index (κ2) is 7.13. The summed E-state index contributed by atoms with van der Waals surface area (Å²) < 4.78 is 36.6. The number of carboxylic acid groups (broad SMARTS) is 1. The molecule has 1 saturated carbocycles. The smallest absolute Gasteiger partial charge is 0.475 e. The van der Waals surface area contributed by atoms with Crippen molar-refractivity contribution in [2.45, 2.75) is 38.8 Å². The molecule has 7 heteroatoms. The summed E-state index contributed by atoms with van der Waals surface area (Å²) in [7, 11) is 0. The third-order valence-electron chi connectivity index (χ3n) is 2.24. The third-order valence-corrected chi connectivity index (χ3v) is 2.24. The first-order chi connectivity index (χ1) is 7.73. The highest BCUT2D eigenvalue weighted by atomic mass is 19.4. The highest BCUT2D eigenvalue weighted by molar-refractivity contribution is 5.73. The van der Waals surface area contributed by atoms with E-state index in [0.717, 1.165) is 0 Å². The molecule has 0 aromatic carbocycles. The number of hydrogen-bond acceptors (Lipinski definition) is 3. The molecule has 0 spiro atoms. The average Bonchev–Trinajstić information content (AvgIpc) is 2.66. The second-order valence-corrected chi connectivity index (χ2v) is 3.76. The van der Waals surface area contributed by atoms with Crippen molar-refractivity contribution in [1.29, 1.82) is 0 Å². The van der Waals surface area contributed by atoms with E-state index in [-0.39, 0.29) is 5.97 Å². The summed E-state index contributed by atoms with van der Waals surface area (Å²) >= 11 is 0. The molecule has 0 radical (unpaired) electrons. The Balaban J connectivity index is 0.000000325. The number of ether oxygens (including phenoxy) is 1. The van der Waals surface area contributed by atoms with Crippen LogP contribution in [0.5, 0.6) is 0 Å². The maximum atomic E-state index is 10.6. The minimum Gasteiger partial charge on any atom is -0.475 e. The molecule has 0 aliphatic heterocycles. The van der Waals surface area contributed by atoms with Gasteiger partial charge in [-0.2, -0.15) is 13.2 Å². The van der Waals surface area contributed by atoms with Crippen LogP contribution >= 0.6 is 0 Å². The number of halogens is 3. The van der Waals surface area contributed by atoms with Crippen molar-refractivity contribution in [3.63, 3.8) is 0 Å². The Bertz CT molecular complexity index is 257. The van der Waals surface area contributed by atoms with Gasteiger partial charge in [0.1, 0.15) is 0 Å². The van der Waals surface area contributed by atoms with Gasteiger partial charge in [-0.25, -0.2) is 4.79 Å². The van der Waals surface area contributed by atoms with Crippen LogP contribution in [0.25, 0.3) is 0 Å². The summed E-state index contributed by atoms with van der Waals surface area (Å²) in [6.07, 6.45) is 0.0262. The Hall–Kier alpha value is -1.27. The van der Waals surface area contributed by atoms with E-state index in [9.17, 15) is 18.0 Å². The normalized spacial score (nSPS) is 16.0. The van der Waals surface area contributed by atoms with Crippen LogP contribution in [0, 0.1) is 5.92 Å². The molecule has 0 aromatic heterocycles. The molecule has 0 bridgehead atoms. The standard InChI is InChI=1S/C8H14O2.C2HF3O2/c1-7(9)10-6-8-4-2-3-5-8;3-2(4,5)1(6)7/h8H,2-6H2,1H3;(H,6,7). The predicted octanol–water partition coefficient (Wildman–Crippen LogP) is 2.37. The molecule has 4 nitrogen and oxygen atoms in total. The van der Waals surface area contributed by atoms with Gasteiger partial charge in [-0.05, 0) is 18.8 Å². The maximum Gasteiger partial charge on any atom is 0.490 e. The molecular formula is C10H15F3O4. The number of hydrogen-bond donors (Lipinski definition) is 1. The topological polar surface area (TPSA) is 63.6 Å². The van der Waals surface area contributed by atoms with Gasteiger partial charge < -0.3 is 9.84 Å². The van der Waals surface area contributed by atoms with E-state index in [4.69, 9.17) is 14.6 Å². The van der Waals surface area contributed by atoms with E-state index in [1.165, 1.54) is 32.6 Å². The van der Waals surface area contributed by atoms with Gasteiger partial charge >= 0.3 is 18.1 Å². The number of carbonyl (C=O) groups is 2. The first kappa shape index (κ1) is 15.7. The van der Waals surface area contributed by atoms with Gasteiger partial charge in [0.15, 0.2) is 0 Å². The van der Waals surface area contributed by atoms with Gasteiger partial charge in [-0.1, -0.05) is 12.8 Å². The molecule has 1 rings (SSSR count). The summed E-state index contributed by atoms with van der Waals surface area (Å²) in [4.78, 5) is 19.3. The zero-order chi connectivity index (χ0) is 13.5. The van der Waals surface area contributed by atoms with Crippen LogP contribution in [-0.2, 0) is 14.3 Å². The van der Waals surface area contributed by atoms with Crippen LogP contribution in [0.3, 0.4) is 0 Å². The van der Waals surface area contributed by atoms with E-state index < -0.39 is 12.1 Å². The summed E-state index contributed by atoms with van der Waals surface area (Å²) in [5, 5.41) is 7.12. The average molecular weight is 256 g/mol. The van der Waals surface area contributed by atoms with Crippen LogP contribution < -0.4 is 0 Å². The number of carboxylic acids is 1. The Morgan fingerprint density at radius 2 is 1.71 bits per heavy atom. The lowest BCUT2D eigenvalue weighted by atomic mass is 10.1. The Morgan fingerprint density at radius 3 is 2.00 bits per heavy atom. The highest BCUT2D eigenvalue weighted by Gasteiger charge is 2.38. The van der Waals surface area contributed by atoms with E-state index in [1.807, 2.05) is 0 Å². The molecular weight excluding hydrogens is 241 g/mol. The molecule has 0 amide bonds. The van der Waals surface area contributed by atoms with Crippen molar-refractivity contribution in [2.75, 3.05) is 6.61 Å². The first-order valence-corrected chi connectivity index (χ1v) is 5.17. The molecule has 100 valence electrons. The van der Waals surface area contributed by atoms with Gasteiger partial charge in [-0.3, -0.25) is 4.79 Å². The van der Waals surface area contributed by atoms with Gasteiger partial charge in [0, 0.05) is 6.92 Å². The van der Waals surface area contributed by atoms with E-state index in [2.05, 4.69) is 0 Å². The van der Waals surface area contributed by atoms with Crippen molar-refractivity contribution in [2.24, 2.45) is 5.92 Å². The molecule has 0 heterocycles. The number of esters is 1. The zero-order valence-electron chi connectivity index (χ0n) is 9.42. The van der Waals surface area contributed by atoms with Crippen LogP contribution in [0.4, 0.5) is 13.2 Å². The highest BCUT2D eigenvalue weighted by Crippen LogP contribution is 2.24. The lowest BCUT2D eigenvalue weighted by molar-refractivity contribution is -0.192. The minimum absolute atomic E-state index is 0.146. The first-order valence-electron chi connectivity index (χ1n) is 5.17. The molecule has 17 heavy (non-hydrogen) atoms. The van der Waals surface area contributed by atoms with Gasteiger partial charge in [-0.15, -0.1) is 0 Å². The minimum atomic E-state index is -5.08. The molecule has 1 N–H and O–H groups in total. The SMILES string of the molecule is CC(=O)OCC1CCCC1.O=C(O)C(F)(F)F. The van der Waals surface area contributed by atoms with Crippen molar-refractivity contribution in [3.8, 4) is 0 Å². The fraction of sp³-hybridized carbons (Fsp3) is 0.800. The molecule has 0 unspecified atom stereocenters. The quantitative estimate of drug-likeness (QED) is 0.770. The zero-order valence-corrected chi connectivity index (χ0v) is 9.42. The van der Waals surface area contributed by atoms with E-state index in [0.29, 0.717) is 12.5 Å².